The van der Waals surface area contributed by atoms with Gasteiger partial charge in [-0.2, -0.15) is 0 Å². The Labute approximate surface area is 135 Å². The number of hydrogen-bond acceptors (Lipinski definition) is 1. The molecule has 0 bridgehead atoms. The largest absolute Gasteiger partial charge is 0.306 e. The van der Waals surface area contributed by atoms with E-state index in [4.69, 9.17) is 0 Å². The molecule has 116 valence electrons. The number of allylic oxidation sites excluding steroid dienone is 1. The molecule has 22 heavy (non-hydrogen) atoms. The van der Waals surface area contributed by atoms with E-state index in [1.165, 1.54) is 10.8 Å². The molecular formula is C21H27N. The Bertz CT molecular complexity index is 583. The third kappa shape index (κ3) is 8.29. The minimum absolute atomic E-state index is 0.114. The Morgan fingerprint density at radius 3 is 1.73 bits per heavy atom. The van der Waals surface area contributed by atoms with Gasteiger partial charge in [0.1, 0.15) is 0 Å². The van der Waals surface area contributed by atoms with Crippen LogP contribution in [0.3, 0.4) is 0 Å². The van der Waals surface area contributed by atoms with Crippen LogP contribution in [-0.4, -0.2) is 25.5 Å². The average molecular weight is 293 g/mol. The topological polar surface area (TPSA) is 3.24 Å². The highest BCUT2D eigenvalue weighted by Crippen LogP contribution is 2.11. The van der Waals surface area contributed by atoms with E-state index in [1.54, 1.807) is 0 Å². The molecule has 2 aromatic rings. The zero-order valence-corrected chi connectivity index (χ0v) is 14.4. The predicted octanol–water partition coefficient (Wildman–Crippen LogP) is 4.99. The zero-order chi connectivity index (χ0) is 16.4. The fourth-order valence-corrected chi connectivity index (χ4v) is 1.71. The summed E-state index contributed by atoms with van der Waals surface area (Å²) in [6.07, 6.45) is 3.99. The minimum atomic E-state index is 0.114. The molecule has 0 unspecified atom stereocenters. The van der Waals surface area contributed by atoms with Crippen molar-refractivity contribution < 1.29 is 0 Å². The maximum absolute atomic E-state index is 3.14. The van der Waals surface area contributed by atoms with Gasteiger partial charge in [0, 0.05) is 12.0 Å². The van der Waals surface area contributed by atoms with E-state index in [-0.39, 0.29) is 5.41 Å². The van der Waals surface area contributed by atoms with Crippen molar-refractivity contribution in [3.63, 3.8) is 0 Å². The van der Waals surface area contributed by atoms with Gasteiger partial charge in [0.05, 0.1) is 0 Å². The molecule has 0 heterocycles. The molecule has 1 heteroatoms. The first kappa shape index (κ1) is 18.0. The van der Waals surface area contributed by atoms with Crippen LogP contribution in [0.15, 0.2) is 60.7 Å². The molecule has 0 fully saturated rings. The average Bonchev–Trinajstić information content (AvgIpc) is 2.46. The molecule has 1 nitrogen and oxygen atoms in total. The van der Waals surface area contributed by atoms with Gasteiger partial charge >= 0.3 is 0 Å². The molecule has 0 aromatic heterocycles. The maximum atomic E-state index is 3.14. The van der Waals surface area contributed by atoms with Gasteiger partial charge in [-0.25, -0.2) is 0 Å². The first-order valence-corrected chi connectivity index (χ1v) is 7.65. The quantitative estimate of drug-likeness (QED) is 0.705. The molecular weight excluding hydrogens is 266 g/mol. The number of fused-ring (bicyclic) bond motifs is 1. The van der Waals surface area contributed by atoms with E-state index >= 15 is 0 Å². The van der Waals surface area contributed by atoms with Gasteiger partial charge in [-0.05, 0) is 51.7 Å². The van der Waals surface area contributed by atoms with Crippen LogP contribution in [0.2, 0.25) is 0 Å². The van der Waals surface area contributed by atoms with E-state index < -0.39 is 0 Å². The predicted molar refractivity (Wildman–Crippen MR) is 98.9 cm³/mol. The van der Waals surface area contributed by atoms with E-state index in [9.17, 15) is 0 Å². The van der Waals surface area contributed by atoms with Gasteiger partial charge in [0.25, 0.3) is 0 Å². The smallest absolute Gasteiger partial charge is 0.0233 e. The van der Waals surface area contributed by atoms with Crippen molar-refractivity contribution in [2.24, 2.45) is 5.41 Å². The highest BCUT2D eigenvalue weighted by Gasteiger charge is 2.02. The third-order valence-corrected chi connectivity index (χ3v) is 2.78. The number of hydrogen-bond donors (Lipinski definition) is 0. The normalized spacial score (nSPS) is 11.0. The summed E-state index contributed by atoms with van der Waals surface area (Å²) < 4.78 is 0. The lowest BCUT2D eigenvalue weighted by Gasteiger charge is -2.06. The Balaban J connectivity index is 0.000000222. The molecule has 0 atom stereocenters. The van der Waals surface area contributed by atoms with Crippen molar-refractivity contribution in [1.82, 2.24) is 4.90 Å². The van der Waals surface area contributed by atoms with Crippen molar-refractivity contribution in [2.45, 2.75) is 20.8 Å². The monoisotopic (exact) mass is 293 g/mol. The zero-order valence-electron chi connectivity index (χ0n) is 14.4. The molecule has 0 amide bonds. The summed E-state index contributed by atoms with van der Waals surface area (Å²) in [5.74, 6) is 6.16. The molecule has 0 aliphatic carbocycles. The van der Waals surface area contributed by atoms with E-state index in [1.807, 2.05) is 20.2 Å². The molecule has 0 N–H and O–H groups in total. The van der Waals surface area contributed by atoms with Crippen LogP contribution >= 0.6 is 0 Å². The van der Waals surface area contributed by atoms with E-state index in [2.05, 4.69) is 92.1 Å². The summed E-state index contributed by atoms with van der Waals surface area (Å²) >= 11 is 0. The first-order valence-electron chi connectivity index (χ1n) is 7.65. The third-order valence-electron chi connectivity index (χ3n) is 2.78. The van der Waals surface area contributed by atoms with Crippen molar-refractivity contribution in [2.75, 3.05) is 20.6 Å². The second kappa shape index (κ2) is 9.07. The molecule has 0 aliphatic heterocycles. The Hall–Kier alpha value is -2.04. The van der Waals surface area contributed by atoms with Crippen LogP contribution in [0, 0.1) is 17.3 Å². The van der Waals surface area contributed by atoms with E-state index in [0.717, 1.165) is 6.54 Å². The molecule has 0 aliphatic rings. The Morgan fingerprint density at radius 2 is 1.36 bits per heavy atom. The van der Waals surface area contributed by atoms with Gasteiger partial charge in [-0.1, -0.05) is 66.4 Å². The standard InChI is InChI=1S/C11H19N.C10H8/c1-11(2,3)9-7-6-8-10-12(4)5;1-2-6-10-8-4-3-7-9(10)5-1/h6,8H,10H2,1-5H3;1-8H/b8-6+;. The summed E-state index contributed by atoms with van der Waals surface area (Å²) in [5.41, 5.74) is 0.114. The number of benzene rings is 2. The second-order valence-electron chi connectivity index (χ2n) is 6.53. The molecule has 2 aromatic carbocycles. The highest BCUT2D eigenvalue weighted by atomic mass is 15.0. The van der Waals surface area contributed by atoms with Gasteiger partial charge in [0.15, 0.2) is 0 Å². The number of rotatable bonds is 2. The second-order valence-corrected chi connectivity index (χ2v) is 6.53. The molecule has 0 spiro atoms. The molecule has 2 rings (SSSR count). The van der Waals surface area contributed by atoms with Gasteiger partial charge in [0.2, 0.25) is 0 Å². The SMILES string of the molecule is CN(C)C/C=C/C#CC(C)(C)C.c1ccc2ccccc2c1. The number of nitrogens with zero attached hydrogens (tertiary/aromatic N) is 1. The number of likely N-dealkylation sites (N-methyl/N-ethyl adjacent to an activating group) is 1. The summed E-state index contributed by atoms with van der Waals surface area (Å²) in [6.45, 7) is 7.29. The fraction of sp³-hybridized carbons (Fsp3) is 0.333. The van der Waals surface area contributed by atoms with Crippen LogP contribution in [-0.2, 0) is 0 Å². The van der Waals surface area contributed by atoms with Crippen molar-refractivity contribution in [3.8, 4) is 11.8 Å². The van der Waals surface area contributed by atoms with Crippen LogP contribution in [0.1, 0.15) is 20.8 Å². The highest BCUT2D eigenvalue weighted by molar-refractivity contribution is 5.81. The lowest BCUT2D eigenvalue weighted by atomic mass is 9.98. The minimum Gasteiger partial charge on any atom is -0.306 e. The Morgan fingerprint density at radius 1 is 0.909 bits per heavy atom. The van der Waals surface area contributed by atoms with Crippen LogP contribution in [0.25, 0.3) is 10.8 Å². The maximum Gasteiger partial charge on any atom is 0.0233 e. The summed E-state index contributed by atoms with van der Waals surface area (Å²) in [5, 5.41) is 2.62. The molecule has 0 saturated heterocycles. The lowest BCUT2D eigenvalue weighted by molar-refractivity contribution is 0.456. The van der Waals surface area contributed by atoms with Gasteiger partial charge in [-0.15, -0.1) is 0 Å². The van der Waals surface area contributed by atoms with Crippen molar-refractivity contribution >= 4 is 10.8 Å². The van der Waals surface area contributed by atoms with Crippen molar-refractivity contribution in [1.29, 1.82) is 0 Å². The summed E-state index contributed by atoms with van der Waals surface area (Å²) in [4.78, 5) is 2.11. The van der Waals surface area contributed by atoms with Crippen molar-refractivity contribution in [3.05, 3.63) is 60.7 Å². The van der Waals surface area contributed by atoms with Gasteiger partial charge in [-0.3, -0.25) is 0 Å². The Kier molecular flexibility index (Phi) is 7.43. The first-order chi connectivity index (χ1) is 10.4. The lowest BCUT2D eigenvalue weighted by Crippen LogP contribution is -2.10. The van der Waals surface area contributed by atoms with Crippen LogP contribution in [0.4, 0.5) is 0 Å². The van der Waals surface area contributed by atoms with Crippen LogP contribution < -0.4 is 0 Å². The molecule has 0 radical (unpaired) electrons. The summed E-state index contributed by atoms with van der Waals surface area (Å²) in [7, 11) is 4.09. The fourth-order valence-electron chi connectivity index (χ4n) is 1.71. The van der Waals surface area contributed by atoms with E-state index in [0.29, 0.717) is 0 Å². The van der Waals surface area contributed by atoms with Crippen LogP contribution in [0.5, 0.6) is 0 Å². The van der Waals surface area contributed by atoms with Gasteiger partial charge < -0.3 is 4.90 Å². The molecule has 0 saturated carbocycles. The summed E-state index contributed by atoms with van der Waals surface area (Å²) in [6, 6.07) is 16.7.